The predicted molar refractivity (Wildman–Crippen MR) is 89.4 cm³/mol. The molecule has 0 spiro atoms. The molecule has 2 aromatic heterocycles. The smallest absolute Gasteiger partial charge is 0.310 e. The molecular weight excluding hydrogens is 294 g/mol. The lowest BCUT2D eigenvalue weighted by molar-refractivity contribution is -0.139. The molecule has 1 aliphatic carbocycles. The number of carbonyl (C=O) groups excluding carboxylic acids is 1. The maximum Gasteiger partial charge on any atom is 0.310 e. The predicted octanol–water partition coefficient (Wildman–Crippen LogP) is 3.72. The molecular formula is C18H17NO2S. The molecule has 4 heteroatoms. The number of esters is 1. The van der Waals surface area contributed by atoms with Crippen LogP contribution in [0.2, 0.25) is 0 Å². The fourth-order valence-corrected chi connectivity index (χ4v) is 4.63. The molecule has 0 N–H and O–H groups in total. The Morgan fingerprint density at radius 3 is 2.95 bits per heavy atom. The lowest BCUT2D eigenvalue weighted by atomic mass is 9.94. The number of fused-ring (bicyclic) bond motifs is 5. The molecule has 0 unspecified atom stereocenters. The second-order valence-corrected chi connectivity index (χ2v) is 6.93. The van der Waals surface area contributed by atoms with Crippen LogP contribution in [-0.4, -0.2) is 17.6 Å². The monoisotopic (exact) mass is 311 g/mol. The molecule has 22 heavy (non-hydrogen) atoms. The number of ether oxygens (including phenoxy) is 1. The molecule has 3 aromatic rings. The minimum Gasteiger partial charge on any atom is -0.469 e. The summed E-state index contributed by atoms with van der Waals surface area (Å²) in [5, 5.41) is 1.35. The van der Waals surface area contributed by atoms with Gasteiger partial charge in [0.2, 0.25) is 0 Å². The maximum atomic E-state index is 11.5. The van der Waals surface area contributed by atoms with Gasteiger partial charge in [0, 0.05) is 33.3 Å². The molecule has 0 saturated heterocycles. The Morgan fingerprint density at radius 2 is 2.14 bits per heavy atom. The number of methoxy groups -OCH3 is 1. The van der Waals surface area contributed by atoms with Gasteiger partial charge < -0.3 is 9.30 Å². The normalized spacial score (nSPS) is 13.0. The van der Waals surface area contributed by atoms with E-state index in [0.29, 0.717) is 6.42 Å². The molecule has 3 nitrogen and oxygen atoms in total. The standard InChI is InChI=1S/C18H17NO2S/c1-19-15-6-4-3-5-12(15)13-7-8-16-14(18(13)19)9-11(22-16)10-17(20)21-2/h3-6,9H,7-8,10H2,1-2H3. The van der Waals surface area contributed by atoms with Gasteiger partial charge in [0.1, 0.15) is 0 Å². The zero-order valence-electron chi connectivity index (χ0n) is 12.7. The molecule has 2 heterocycles. The number of hydrogen-bond donors (Lipinski definition) is 0. The van der Waals surface area contributed by atoms with Crippen LogP contribution in [0.1, 0.15) is 15.3 Å². The Labute approximate surface area is 133 Å². The minimum atomic E-state index is -0.170. The van der Waals surface area contributed by atoms with Crippen molar-refractivity contribution in [2.45, 2.75) is 19.3 Å². The Balaban J connectivity index is 1.88. The van der Waals surface area contributed by atoms with Crippen molar-refractivity contribution in [3.8, 4) is 11.3 Å². The summed E-state index contributed by atoms with van der Waals surface area (Å²) >= 11 is 1.75. The number of hydrogen-bond acceptors (Lipinski definition) is 3. The lowest BCUT2D eigenvalue weighted by Gasteiger charge is -2.14. The van der Waals surface area contributed by atoms with Crippen molar-refractivity contribution in [2.75, 3.05) is 7.11 Å². The van der Waals surface area contributed by atoms with Crippen LogP contribution < -0.4 is 0 Å². The highest BCUT2D eigenvalue weighted by molar-refractivity contribution is 7.12. The van der Waals surface area contributed by atoms with Gasteiger partial charge in [0.25, 0.3) is 0 Å². The van der Waals surface area contributed by atoms with Crippen LogP contribution in [0.15, 0.2) is 30.3 Å². The number of thiophene rings is 1. The minimum absolute atomic E-state index is 0.170. The fourth-order valence-electron chi connectivity index (χ4n) is 3.48. The van der Waals surface area contributed by atoms with Gasteiger partial charge in [-0.3, -0.25) is 4.79 Å². The van der Waals surface area contributed by atoms with E-state index in [9.17, 15) is 4.79 Å². The molecule has 1 aliphatic rings. The van der Waals surface area contributed by atoms with E-state index in [1.807, 2.05) is 0 Å². The van der Waals surface area contributed by atoms with Crippen molar-refractivity contribution in [1.82, 2.24) is 4.57 Å². The lowest BCUT2D eigenvalue weighted by Crippen LogP contribution is -2.03. The van der Waals surface area contributed by atoms with Crippen LogP contribution in [0, 0.1) is 0 Å². The molecule has 0 aliphatic heterocycles. The number of para-hydroxylation sites is 1. The largest absolute Gasteiger partial charge is 0.469 e. The Kier molecular flexibility index (Phi) is 3.08. The quantitative estimate of drug-likeness (QED) is 0.675. The molecule has 0 fully saturated rings. The maximum absolute atomic E-state index is 11.5. The third-order valence-corrected chi connectivity index (χ3v) is 5.67. The molecule has 0 atom stereocenters. The van der Waals surface area contributed by atoms with Crippen LogP contribution >= 0.6 is 11.3 Å². The number of rotatable bonds is 2. The van der Waals surface area contributed by atoms with Crippen molar-refractivity contribution in [1.29, 1.82) is 0 Å². The van der Waals surface area contributed by atoms with Crippen LogP contribution in [-0.2, 0) is 35.8 Å². The number of carbonyl (C=O) groups is 1. The summed E-state index contributed by atoms with van der Waals surface area (Å²) in [5.74, 6) is -0.170. The third kappa shape index (κ3) is 1.91. The summed E-state index contributed by atoms with van der Waals surface area (Å²) in [6.07, 6.45) is 2.50. The zero-order chi connectivity index (χ0) is 15.3. The summed E-state index contributed by atoms with van der Waals surface area (Å²) in [6, 6.07) is 10.8. The van der Waals surface area contributed by atoms with Crippen LogP contribution in [0.3, 0.4) is 0 Å². The number of aromatic nitrogens is 1. The van der Waals surface area contributed by atoms with Gasteiger partial charge in [-0.15, -0.1) is 11.3 Å². The van der Waals surface area contributed by atoms with E-state index in [1.54, 1.807) is 11.3 Å². The average Bonchev–Trinajstić information content (AvgIpc) is 3.06. The van der Waals surface area contributed by atoms with Crippen LogP contribution in [0.4, 0.5) is 0 Å². The molecule has 4 rings (SSSR count). The van der Waals surface area contributed by atoms with E-state index in [4.69, 9.17) is 4.74 Å². The van der Waals surface area contributed by atoms with E-state index in [-0.39, 0.29) is 5.97 Å². The summed E-state index contributed by atoms with van der Waals surface area (Å²) in [4.78, 5) is 14.0. The van der Waals surface area contributed by atoms with Gasteiger partial charge in [0.05, 0.1) is 19.2 Å². The third-order valence-electron chi connectivity index (χ3n) is 4.48. The van der Waals surface area contributed by atoms with E-state index >= 15 is 0 Å². The SMILES string of the molecule is COC(=O)Cc1cc2c(s1)CCc1c-2n(C)c2ccccc12. The highest BCUT2D eigenvalue weighted by Gasteiger charge is 2.25. The zero-order valence-corrected chi connectivity index (χ0v) is 13.5. The van der Waals surface area contributed by atoms with Crippen LogP contribution in [0.25, 0.3) is 22.2 Å². The van der Waals surface area contributed by atoms with Crippen molar-refractivity contribution >= 4 is 28.2 Å². The summed E-state index contributed by atoms with van der Waals surface area (Å²) in [5.41, 5.74) is 5.33. The van der Waals surface area contributed by atoms with Gasteiger partial charge in [-0.05, 0) is 30.5 Å². The number of aryl methyl sites for hydroxylation is 3. The first-order valence-corrected chi connectivity index (χ1v) is 8.25. The first-order chi connectivity index (χ1) is 10.7. The van der Waals surface area contributed by atoms with Gasteiger partial charge in [0.15, 0.2) is 0 Å². The number of benzene rings is 1. The molecule has 112 valence electrons. The summed E-state index contributed by atoms with van der Waals surface area (Å²) in [7, 11) is 3.58. The molecule has 0 radical (unpaired) electrons. The van der Waals surface area contributed by atoms with Gasteiger partial charge in [-0.1, -0.05) is 18.2 Å². The van der Waals surface area contributed by atoms with Gasteiger partial charge in [-0.25, -0.2) is 0 Å². The molecule has 1 aromatic carbocycles. The summed E-state index contributed by atoms with van der Waals surface area (Å²) in [6.45, 7) is 0. The summed E-state index contributed by atoms with van der Waals surface area (Å²) < 4.78 is 7.08. The second kappa shape index (κ2) is 4.99. The Hall–Kier alpha value is -2.07. The first kappa shape index (κ1) is 13.6. The van der Waals surface area contributed by atoms with Crippen LogP contribution in [0.5, 0.6) is 0 Å². The second-order valence-electron chi connectivity index (χ2n) is 5.71. The topological polar surface area (TPSA) is 31.2 Å². The van der Waals surface area contributed by atoms with Gasteiger partial charge in [-0.2, -0.15) is 0 Å². The van der Waals surface area contributed by atoms with Crippen molar-refractivity contribution in [2.24, 2.45) is 7.05 Å². The van der Waals surface area contributed by atoms with Crippen molar-refractivity contribution < 1.29 is 9.53 Å². The molecule has 0 bridgehead atoms. The Morgan fingerprint density at radius 1 is 1.32 bits per heavy atom. The highest BCUT2D eigenvalue weighted by atomic mass is 32.1. The average molecular weight is 311 g/mol. The fraction of sp³-hybridized carbons (Fsp3) is 0.278. The first-order valence-electron chi connectivity index (χ1n) is 7.44. The van der Waals surface area contributed by atoms with Gasteiger partial charge >= 0.3 is 5.97 Å². The Bertz CT molecular complexity index is 888. The number of nitrogens with zero attached hydrogens (tertiary/aromatic N) is 1. The van der Waals surface area contributed by atoms with Crippen molar-refractivity contribution in [3.05, 3.63) is 45.6 Å². The van der Waals surface area contributed by atoms with E-state index in [1.165, 1.54) is 39.7 Å². The van der Waals surface area contributed by atoms with E-state index in [2.05, 4.69) is 41.9 Å². The molecule has 0 amide bonds. The molecule has 0 saturated carbocycles. The van der Waals surface area contributed by atoms with Crippen molar-refractivity contribution in [3.63, 3.8) is 0 Å². The van der Waals surface area contributed by atoms with E-state index < -0.39 is 0 Å². The highest BCUT2D eigenvalue weighted by Crippen LogP contribution is 2.42. The van der Waals surface area contributed by atoms with E-state index in [0.717, 1.165) is 17.7 Å².